The monoisotopic (exact) mass is 224 g/mol. The van der Waals surface area contributed by atoms with E-state index in [0.29, 0.717) is 12.1 Å². The Hall–Kier alpha value is -0.120. The van der Waals surface area contributed by atoms with E-state index in [1.807, 2.05) is 0 Å². The molecule has 3 atom stereocenters. The van der Waals surface area contributed by atoms with Gasteiger partial charge in [-0.25, -0.2) is 0 Å². The Morgan fingerprint density at radius 3 is 2.50 bits per heavy atom. The van der Waals surface area contributed by atoms with E-state index in [9.17, 15) is 5.11 Å². The maximum atomic E-state index is 10.0. The summed E-state index contributed by atoms with van der Waals surface area (Å²) in [5.74, 6) is 0. The Labute approximate surface area is 98.2 Å². The summed E-state index contributed by atoms with van der Waals surface area (Å²) in [5.41, 5.74) is 0. The van der Waals surface area contributed by atoms with E-state index in [4.69, 9.17) is 0 Å². The molecule has 2 N–H and O–H groups in total. The molecule has 3 heteroatoms. The van der Waals surface area contributed by atoms with Crippen LogP contribution in [0.25, 0.3) is 0 Å². The van der Waals surface area contributed by atoms with Crippen molar-refractivity contribution in [1.82, 2.24) is 10.2 Å². The highest BCUT2D eigenvalue weighted by molar-refractivity contribution is 4.96. The molecule has 2 aliphatic carbocycles. The zero-order valence-corrected chi connectivity index (χ0v) is 10.1. The lowest BCUT2D eigenvalue weighted by Gasteiger charge is -2.33. The summed E-state index contributed by atoms with van der Waals surface area (Å²) in [7, 11) is 0. The van der Waals surface area contributed by atoms with Crippen LogP contribution in [-0.4, -0.2) is 47.3 Å². The van der Waals surface area contributed by atoms with Crippen LogP contribution in [0, 0.1) is 0 Å². The van der Waals surface area contributed by atoms with Crippen molar-refractivity contribution in [3.05, 3.63) is 0 Å². The van der Waals surface area contributed by atoms with Crippen LogP contribution in [0.5, 0.6) is 0 Å². The summed E-state index contributed by atoms with van der Waals surface area (Å²) in [4.78, 5) is 2.63. The SMILES string of the molecule is OC1CCCC1N(CC1CCCN1)C1CC1. The summed E-state index contributed by atoms with van der Waals surface area (Å²) in [5, 5.41) is 13.6. The first-order valence-electron chi connectivity index (χ1n) is 7.02. The molecule has 0 aromatic heterocycles. The van der Waals surface area contributed by atoms with E-state index >= 15 is 0 Å². The minimum atomic E-state index is -0.0537. The standard InChI is InChI=1S/C13H24N2O/c16-13-5-1-4-12(13)15(11-6-7-11)9-10-3-2-8-14-10/h10-14,16H,1-9H2. The second-order valence-corrected chi connectivity index (χ2v) is 5.79. The third kappa shape index (κ3) is 2.27. The van der Waals surface area contributed by atoms with Gasteiger partial charge in [0.15, 0.2) is 0 Å². The lowest BCUT2D eigenvalue weighted by atomic mass is 10.1. The van der Waals surface area contributed by atoms with Gasteiger partial charge in [0.05, 0.1) is 6.10 Å². The first-order valence-corrected chi connectivity index (χ1v) is 7.02. The largest absolute Gasteiger partial charge is 0.391 e. The van der Waals surface area contributed by atoms with Gasteiger partial charge in [-0.05, 0) is 51.5 Å². The van der Waals surface area contributed by atoms with Crippen molar-refractivity contribution in [1.29, 1.82) is 0 Å². The topological polar surface area (TPSA) is 35.5 Å². The predicted molar refractivity (Wildman–Crippen MR) is 64.4 cm³/mol. The first-order chi connectivity index (χ1) is 7.84. The third-order valence-electron chi connectivity index (χ3n) is 4.48. The number of hydrogen-bond acceptors (Lipinski definition) is 3. The molecule has 0 radical (unpaired) electrons. The lowest BCUT2D eigenvalue weighted by molar-refractivity contribution is 0.0604. The molecule has 0 aromatic carbocycles. The van der Waals surface area contributed by atoms with E-state index in [0.717, 1.165) is 12.5 Å². The molecule has 1 aliphatic heterocycles. The van der Waals surface area contributed by atoms with Crippen molar-refractivity contribution in [3.63, 3.8) is 0 Å². The van der Waals surface area contributed by atoms with Gasteiger partial charge >= 0.3 is 0 Å². The summed E-state index contributed by atoms with van der Waals surface area (Å²) in [6.07, 6.45) is 8.76. The van der Waals surface area contributed by atoms with Crippen molar-refractivity contribution in [3.8, 4) is 0 Å². The van der Waals surface area contributed by atoms with Gasteiger partial charge in [-0.15, -0.1) is 0 Å². The fourth-order valence-electron chi connectivity index (χ4n) is 3.44. The smallest absolute Gasteiger partial charge is 0.0695 e. The van der Waals surface area contributed by atoms with Gasteiger partial charge in [0, 0.05) is 24.7 Å². The molecule has 0 amide bonds. The average Bonchev–Trinajstić information content (AvgIpc) is 2.82. The second kappa shape index (κ2) is 4.63. The quantitative estimate of drug-likeness (QED) is 0.751. The summed E-state index contributed by atoms with van der Waals surface area (Å²) >= 11 is 0. The molecule has 1 heterocycles. The van der Waals surface area contributed by atoms with Crippen molar-refractivity contribution < 1.29 is 5.11 Å². The second-order valence-electron chi connectivity index (χ2n) is 5.79. The van der Waals surface area contributed by atoms with Gasteiger partial charge in [-0.1, -0.05) is 0 Å². The maximum Gasteiger partial charge on any atom is 0.0695 e. The van der Waals surface area contributed by atoms with Gasteiger partial charge in [0.25, 0.3) is 0 Å². The molecule has 92 valence electrons. The normalized spacial score (nSPS) is 39.8. The number of aliphatic hydroxyl groups is 1. The fraction of sp³-hybridized carbons (Fsp3) is 1.00. The van der Waals surface area contributed by atoms with Crippen LogP contribution in [0.2, 0.25) is 0 Å². The lowest BCUT2D eigenvalue weighted by Crippen LogP contribution is -2.47. The van der Waals surface area contributed by atoms with E-state index in [1.54, 1.807) is 0 Å². The molecule has 1 saturated heterocycles. The van der Waals surface area contributed by atoms with E-state index in [-0.39, 0.29) is 6.10 Å². The van der Waals surface area contributed by atoms with Crippen LogP contribution in [0.15, 0.2) is 0 Å². The highest BCUT2D eigenvalue weighted by Crippen LogP contribution is 2.35. The van der Waals surface area contributed by atoms with Crippen LogP contribution in [0.3, 0.4) is 0 Å². The Kier molecular flexibility index (Phi) is 3.18. The molecular formula is C13H24N2O. The van der Waals surface area contributed by atoms with E-state index in [2.05, 4.69) is 10.2 Å². The fourth-order valence-corrected chi connectivity index (χ4v) is 3.44. The zero-order chi connectivity index (χ0) is 11.0. The van der Waals surface area contributed by atoms with Gasteiger partial charge in [0.1, 0.15) is 0 Å². The summed E-state index contributed by atoms with van der Waals surface area (Å²) in [6, 6.07) is 1.95. The molecular weight excluding hydrogens is 200 g/mol. The number of nitrogens with one attached hydrogen (secondary N) is 1. The summed E-state index contributed by atoms with van der Waals surface area (Å²) in [6.45, 7) is 2.36. The molecule has 0 bridgehead atoms. The Balaban J connectivity index is 1.61. The number of aliphatic hydroxyl groups excluding tert-OH is 1. The van der Waals surface area contributed by atoms with Crippen molar-refractivity contribution in [2.75, 3.05) is 13.1 Å². The summed E-state index contributed by atoms with van der Waals surface area (Å²) < 4.78 is 0. The Bertz CT molecular complexity index is 236. The molecule has 3 unspecified atom stereocenters. The van der Waals surface area contributed by atoms with Gasteiger partial charge in [-0.3, -0.25) is 4.90 Å². The number of nitrogens with zero attached hydrogens (tertiary/aromatic N) is 1. The van der Waals surface area contributed by atoms with Crippen LogP contribution in [-0.2, 0) is 0 Å². The highest BCUT2D eigenvalue weighted by atomic mass is 16.3. The number of hydrogen-bond donors (Lipinski definition) is 2. The predicted octanol–water partition coefficient (Wildman–Crippen LogP) is 1.12. The molecule has 0 aromatic rings. The molecule has 0 spiro atoms. The molecule has 3 fully saturated rings. The third-order valence-corrected chi connectivity index (χ3v) is 4.48. The Morgan fingerprint density at radius 2 is 1.94 bits per heavy atom. The van der Waals surface area contributed by atoms with Crippen LogP contribution in [0.1, 0.15) is 44.9 Å². The van der Waals surface area contributed by atoms with Gasteiger partial charge < -0.3 is 10.4 Å². The molecule has 3 aliphatic rings. The molecule has 16 heavy (non-hydrogen) atoms. The van der Waals surface area contributed by atoms with Crippen molar-refractivity contribution in [2.45, 2.75) is 69.2 Å². The van der Waals surface area contributed by atoms with Gasteiger partial charge in [0.2, 0.25) is 0 Å². The first kappa shape index (κ1) is 11.0. The maximum absolute atomic E-state index is 10.0. The molecule has 3 nitrogen and oxygen atoms in total. The minimum absolute atomic E-state index is 0.0537. The highest BCUT2D eigenvalue weighted by Gasteiger charge is 2.40. The average molecular weight is 224 g/mol. The van der Waals surface area contributed by atoms with Gasteiger partial charge in [-0.2, -0.15) is 0 Å². The van der Waals surface area contributed by atoms with Crippen LogP contribution < -0.4 is 5.32 Å². The minimum Gasteiger partial charge on any atom is -0.391 e. The van der Waals surface area contributed by atoms with E-state index < -0.39 is 0 Å². The van der Waals surface area contributed by atoms with Crippen molar-refractivity contribution in [2.24, 2.45) is 0 Å². The molecule has 3 rings (SSSR count). The van der Waals surface area contributed by atoms with Crippen LogP contribution in [0.4, 0.5) is 0 Å². The number of rotatable bonds is 4. The van der Waals surface area contributed by atoms with Crippen LogP contribution >= 0.6 is 0 Å². The zero-order valence-electron chi connectivity index (χ0n) is 10.1. The van der Waals surface area contributed by atoms with Crippen molar-refractivity contribution >= 4 is 0 Å². The van der Waals surface area contributed by atoms with E-state index in [1.165, 1.54) is 51.6 Å². The molecule has 2 saturated carbocycles. The Morgan fingerprint density at radius 1 is 1.06 bits per heavy atom.